The fraction of sp³-hybridized carbons (Fsp3) is 0.625. The first kappa shape index (κ1) is 12.9. The van der Waals surface area contributed by atoms with Gasteiger partial charge in [-0.15, -0.1) is 0 Å². The molecule has 3 heteroatoms. The summed E-state index contributed by atoms with van der Waals surface area (Å²) in [7, 11) is 2.04. The van der Waals surface area contributed by atoms with Crippen LogP contribution in [-0.2, 0) is 11.2 Å². The van der Waals surface area contributed by atoms with Gasteiger partial charge in [-0.3, -0.25) is 0 Å². The third-order valence-corrected chi connectivity index (χ3v) is 4.31. The predicted molar refractivity (Wildman–Crippen MR) is 75.6 cm³/mol. The molecule has 0 radical (unpaired) electrons. The number of ether oxygens (including phenoxy) is 2. The molecule has 1 aromatic rings. The Morgan fingerprint density at radius 2 is 2.26 bits per heavy atom. The second-order valence-electron chi connectivity index (χ2n) is 5.69. The zero-order valence-electron chi connectivity index (χ0n) is 11.8. The number of benzene rings is 1. The Labute approximate surface area is 115 Å². The van der Waals surface area contributed by atoms with Gasteiger partial charge in [0, 0.05) is 17.5 Å². The molecule has 1 aromatic carbocycles. The summed E-state index contributed by atoms with van der Waals surface area (Å²) in [6, 6.07) is 6.89. The molecule has 1 N–H and O–H groups in total. The minimum atomic E-state index is 0.331. The van der Waals surface area contributed by atoms with Crippen LogP contribution in [0.5, 0.6) is 5.75 Å². The first-order chi connectivity index (χ1) is 9.29. The number of nitrogens with one attached hydrogen (secondary N) is 1. The van der Waals surface area contributed by atoms with Crippen molar-refractivity contribution in [2.45, 2.75) is 38.3 Å². The van der Waals surface area contributed by atoms with Crippen molar-refractivity contribution in [1.29, 1.82) is 0 Å². The van der Waals surface area contributed by atoms with Gasteiger partial charge in [0.1, 0.15) is 5.75 Å². The molecule has 0 spiro atoms. The molecule has 2 aliphatic rings. The molecule has 0 aliphatic carbocycles. The summed E-state index contributed by atoms with van der Waals surface area (Å²) in [4.78, 5) is 0. The van der Waals surface area contributed by atoms with E-state index in [1.54, 1.807) is 0 Å². The van der Waals surface area contributed by atoms with Crippen molar-refractivity contribution in [3.8, 4) is 5.75 Å². The zero-order chi connectivity index (χ0) is 13.2. The van der Waals surface area contributed by atoms with Crippen LogP contribution in [0.25, 0.3) is 0 Å². The van der Waals surface area contributed by atoms with E-state index in [4.69, 9.17) is 9.47 Å². The molecule has 0 aromatic heterocycles. The molecule has 0 saturated carbocycles. The Balaban J connectivity index is 1.91. The molecule has 1 saturated heterocycles. The maximum Gasteiger partial charge on any atom is 0.127 e. The molecule has 3 atom stereocenters. The Bertz CT molecular complexity index is 446. The van der Waals surface area contributed by atoms with Gasteiger partial charge in [0.25, 0.3) is 0 Å². The van der Waals surface area contributed by atoms with E-state index in [9.17, 15) is 0 Å². The summed E-state index contributed by atoms with van der Waals surface area (Å²) >= 11 is 0. The van der Waals surface area contributed by atoms with Gasteiger partial charge in [-0.2, -0.15) is 0 Å². The minimum Gasteiger partial charge on any atom is -0.493 e. The highest BCUT2D eigenvalue weighted by Gasteiger charge is 2.32. The average molecular weight is 261 g/mol. The van der Waals surface area contributed by atoms with Gasteiger partial charge in [-0.25, -0.2) is 0 Å². The van der Waals surface area contributed by atoms with E-state index >= 15 is 0 Å². The van der Waals surface area contributed by atoms with Crippen molar-refractivity contribution >= 4 is 0 Å². The standard InChI is InChI=1S/C16H23NO2/c1-11-9-13(10-19-11)15(17-2)14-7-3-5-12-6-4-8-18-16(12)14/h3,5,7,11,13,15,17H,4,6,8-10H2,1-2H3. The lowest BCUT2D eigenvalue weighted by Gasteiger charge is -2.28. The summed E-state index contributed by atoms with van der Waals surface area (Å²) in [6.07, 6.45) is 3.76. The van der Waals surface area contributed by atoms with Crippen LogP contribution in [0.3, 0.4) is 0 Å². The molecule has 2 heterocycles. The van der Waals surface area contributed by atoms with E-state index < -0.39 is 0 Å². The second kappa shape index (κ2) is 5.51. The first-order valence-corrected chi connectivity index (χ1v) is 7.33. The number of para-hydroxylation sites is 1. The Morgan fingerprint density at radius 3 is 3.00 bits per heavy atom. The summed E-state index contributed by atoms with van der Waals surface area (Å²) in [5.41, 5.74) is 2.67. The van der Waals surface area contributed by atoms with Crippen LogP contribution < -0.4 is 10.1 Å². The van der Waals surface area contributed by atoms with E-state index in [0.29, 0.717) is 18.1 Å². The third kappa shape index (κ3) is 2.49. The highest BCUT2D eigenvalue weighted by Crippen LogP contribution is 2.38. The molecule has 104 valence electrons. The molecular weight excluding hydrogens is 238 g/mol. The SMILES string of the molecule is CNC(c1cccc2c1OCCC2)C1COC(C)C1. The largest absolute Gasteiger partial charge is 0.493 e. The molecule has 19 heavy (non-hydrogen) atoms. The van der Waals surface area contributed by atoms with E-state index in [2.05, 4.69) is 30.4 Å². The average Bonchev–Trinajstić information content (AvgIpc) is 2.86. The lowest BCUT2D eigenvalue weighted by Crippen LogP contribution is -2.27. The van der Waals surface area contributed by atoms with Crippen molar-refractivity contribution in [1.82, 2.24) is 5.32 Å². The van der Waals surface area contributed by atoms with Crippen LogP contribution in [0.2, 0.25) is 0 Å². The maximum absolute atomic E-state index is 5.94. The number of aryl methyl sites for hydroxylation is 1. The van der Waals surface area contributed by atoms with Crippen molar-refractivity contribution < 1.29 is 9.47 Å². The van der Waals surface area contributed by atoms with Gasteiger partial charge < -0.3 is 14.8 Å². The molecule has 2 aliphatic heterocycles. The van der Waals surface area contributed by atoms with Crippen molar-refractivity contribution in [2.75, 3.05) is 20.3 Å². The number of rotatable bonds is 3. The van der Waals surface area contributed by atoms with Crippen LogP contribution in [0.15, 0.2) is 18.2 Å². The normalized spacial score (nSPS) is 27.7. The summed E-state index contributed by atoms with van der Waals surface area (Å²) in [5.74, 6) is 1.66. The van der Waals surface area contributed by atoms with Gasteiger partial charge in [-0.05, 0) is 38.8 Å². The monoisotopic (exact) mass is 261 g/mol. The van der Waals surface area contributed by atoms with Gasteiger partial charge in [0.2, 0.25) is 0 Å². The molecule has 1 fully saturated rings. The van der Waals surface area contributed by atoms with Gasteiger partial charge in [0.15, 0.2) is 0 Å². The maximum atomic E-state index is 5.94. The fourth-order valence-corrected chi connectivity index (χ4v) is 3.39. The van der Waals surface area contributed by atoms with Crippen LogP contribution in [0.4, 0.5) is 0 Å². The number of fused-ring (bicyclic) bond motifs is 1. The molecule has 3 unspecified atom stereocenters. The van der Waals surface area contributed by atoms with Gasteiger partial charge in [0.05, 0.1) is 19.3 Å². The topological polar surface area (TPSA) is 30.5 Å². The predicted octanol–water partition coefficient (Wildman–Crippen LogP) is 2.70. The smallest absolute Gasteiger partial charge is 0.127 e. The van der Waals surface area contributed by atoms with Crippen LogP contribution in [0.1, 0.15) is 36.9 Å². The highest BCUT2D eigenvalue weighted by molar-refractivity contribution is 5.44. The fourth-order valence-electron chi connectivity index (χ4n) is 3.39. The Morgan fingerprint density at radius 1 is 1.37 bits per heavy atom. The van der Waals surface area contributed by atoms with Gasteiger partial charge in [-0.1, -0.05) is 18.2 Å². The van der Waals surface area contributed by atoms with Crippen LogP contribution >= 0.6 is 0 Å². The first-order valence-electron chi connectivity index (χ1n) is 7.33. The van der Waals surface area contributed by atoms with E-state index in [1.165, 1.54) is 11.1 Å². The van der Waals surface area contributed by atoms with Crippen LogP contribution in [-0.4, -0.2) is 26.4 Å². The summed E-state index contributed by atoms with van der Waals surface area (Å²) in [5, 5.41) is 3.47. The summed E-state index contributed by atoms with van der Waals surface area (Å²) < 4.78 is 11.7. The summed E-state index contributed by atoms with van der Waals surface area (Å²) in [6.45, 7) is 3.85. The zero-order valence-corrected chi connectivity index (χ0v) is 11.8. The van der Waals surface area contributed by atoms with Crippen molar-refractivity contribution in [2.24, 2.45) is 5.92 Å². The lowest BCUT2D eigenvalue weighted by molar-refractivity contribution is 0.117. The number of hydrogen-bond acceptors (Lipinski definition) is 3. The third-order valence-electron chi connectivity index (χ3n) is 4.31. The van der Waals surface area contributed by atoms with Gasteiger partial charge >= 0.3 is 0 Å². The van der Waals surface area contributed by atoms with E-state index in [0.717, 1.165) is 38.2 Å². The number of hydrogen-bond donors (Lipinski definition) is 1. The van der Waals surface area contributed by atoms with Crippen molar-refractivity contribution in [3.63, 3.8) is 0 Å². The van der Waals surface area contributed by atoms with Crippen LogP contribution in [0, 0.1) is 5.92 Å². The molecule has 0 amide bonds. The molecule has 0 bridgehead atoms. The minimum absolute atomic E-state index is 0.331. The van der Waals surface area contributed by atoms with E-state index in [1.807, 2.05) is 7.05 Å². The molecular formula is C16H23NO2. The quantitative estimate of drug-likeness (QED) is 0.907. The lowest BCUT2D eigenvalue weighted by atomic mass is 9.88. The highest BCUT2D eigenvalue weighted by atomic mass is 16.5. The molecule has 3 rings (SSSR count). The second-order valence-corrected chi connectivity index (χ2v) is 5.69. The Hall–Kier alpha value is -1.06. The van der Waals surface area contributed by atoms with E-state index in [-0.39, 0.29) is 0 Å². The molecule has 3 nitrogen and oxygen atoms in total. The van der Waals surface area contributed by atoms with Crippen molar-refractivity contribution in [3.05, 3.63) is 29.3 Å². The Kier molecular flexibility index (Phi) is 3.76.